The van der Waals surface area contributed by atoms with E-state index in [-0.39, 0.29) is 0 Å². The summed E-state index contributed by atoms with van der Waals surface area (Å²) in [7, 11) is -4.41. The van der Waals surface area contributed by atoms with Gasteiger partial charge in [-0.2, -0.15) is 13.2 Å². The number of halogens is 3. The summed E-state index contributed by atoms with van der Waals surface area (Å²) in [5, 5.41) is 9.47. The zero-order valence-corrected chi connectivity index (χ0v) is 12.0. The Morgan fingerprint density at radius 1 is 1.20 bits per heavy atom. The van der Waals surface area contributed by atoms with E-state index in [0.29, 0.717) is 6.07 Å². The van der Waals surface area contributed by atoms with Crippen LogP contribution in [-0.2, 0) is 16.2 Å². The molecule has 1 aromatic rings. The first-order valence-corrected chi connectivity index (χ1v) is 7.24. The van der Waals surface area contributed by atoms with Crippen molar-refractivity contribution in [1.82, 2.24) is 4.72 Å². The first kappa shape index (κ1) is 16.9. The van der Waals surface area contributed by atoms with Crippen LogP contribution in [0.5, 0.6) is 0 Å². The fraction of sp³-hybridized carbons (Fsp3) is 0.500. The molecule has 0 aliphatic rings. The monoisotopic (exact) mass is 311 g/mol. The van der Waals surface area contributed by atoms with E-state index in [1.807, 2.05) is 0 Å². The topological polar surface area (TPSA) is 66.4 Å². The Hall–Kier alpha value is -1.12. The second kappa shape index (κ2) is 5.34. The SMILES string of the molecule is CC(O)C(C)(C)NS(=O)(=O)c1ccccc1C(F)(F)F. The van der Waals surface area contributed by atoms with Crippen molar-refractivity contribution in [2.24, 2.45) is 0 Å². The number of alkyl halides is 3. The van der Waals surface area contributed by atoms with Crippen molar-refractivity contribution < 1.29 is 26.7 Å². The molecule has 20 heavy (non-hydrogen) atoms. The lowest BCUT2D eigenvalue weighted by atomic mass is 10.0. The number of aliphatic hydroxyl groups excluding tert-OH is 1. The molecule has 0 fully saturated rings. The standard InChI is InChI=1S/C12H16F3NO3S/c1-8(17)11(2,3)16-20(18,19)10-7-5-4-6-9(10)12(13,14)15/h4-8,16-17H,1-3H3. The molecule has 0 aliphatic carbocycles. The lowest BCUT2D eigenvalue weighted by molar-refractivity contribution is -0.139. The van der Waals surface area contributed by atoms with Gasteiger partial charge in [0.2, 0.25) is 10.0 Å². The molecular formula is C12H16F3NO3S. The Balaban J connectivity index is 3.31. The van der Waals surface area contributed by atoms with Gasteiger partial charge in [0.1, 0.15) is 0 Å². The lowest BCUT2D eigenvalue weighted by Crippen LogP contribution is -2.51. The number of benzene rings is 1. The third-order valence-electron chi connectivity index (χ3n) is 2.92. The zero-order valence-electron chi connectivity index (χ0n) is 11.2. The minimum atomic E-state index is -4.78. The van der Waals surface area contributed by atoms with Crippen molar-refractivity contribution in [3.05, 3.63) is 29.8 Å². The van der Waals surface area contributed by atoms with Crippen LogP contribution in [0.25, 0.3) is 0 Å². The Labute approximate surface area is 115 Å². The van der Waals surface area contributed by atoms with Crippen LogP contribution in [0.15, 0.2) is 29.2 Å². The molecule has 1 rings (SSSR count). The average Bonchev–Trinajstić information content (AvgIpc) is 2.26. The molecule has 1 aromatic carbocycles. The maximum Gasteiger partial charge on any atom is 0.417 e. The molecule has 1 unspecified atom stereocenters. The molecule has 2 N–H and O–H groups in total. The summed E-state index contributed by atoms with van der Waals surface area (Å²) in [5.74, 6) is 0. The molecule has 0 aromatic heterocycles. The predicted octanol–water partition coefficient (Wildman–Crippen LogP) is 2.14. The van der Waals surface area contributed by atoms with E-state index >= 15 is 0 Å². The molecule has 4 nitrogen and oxygen atoms in total. The third-order valence-corrected chi connectivity index (χ3v) is 4.65. The highest BCUT2D eigenvalue weighted by Gasteiger charge is 2.39. The quantitative estimate of drug-likeness (QED) is 0.895. The van der Waals surface area contributed by atoms with Crippen LogP contribution in [0.1, 0.15) is 26.3 Å². The van der Waals surface area contributed by atoms with Gasteiger partial charge in [-0.25, -0.2) is 13.1 Å². The van der Waals surface area contributed by atoms with Gasteiger partial charge in [0.15, 0.2) is 0 Å². The Morgan fingerprint density at radius 3 is 2.15 bits per heavy atom. The molecule has 0 aliphatic heterocycles. The fourth-order valence-electron chi connectivity index (χ4n) is 1.42. The molecule has 114 valence electrons. The summed E-state index contributed by atoms with van der Waals surface area (Å²) >= 11 is 0. The number of hydrogen-bond donors (Lipinski definition) is 2. The Kier molecular flexibility index (Phi) is 4.52. The van der Waals surface area contributed by atoms with Gasteiger partial charge in [0.05, 0.1) is 22.1 Å². The van der Waals surface area contributed by atoms with Crippen molar-refractivity contribution in [2.45, 2.75) is 43.5 Å². The zero-order chi connectivity index (χ0) is 15.8. The van der Waals surface area contributed by atoms with Gasteiger partial charge in [0, 0.05) is 0 Å². The Bertz CT molecular complexity index is 580. The summed E-state index contributed by atoms with van der Waals surface area (Å²) in [6.07, 6.45) is -5.85. The molecule has 0 spiro atoms. The first-order chi connectivity index (χ1) is 8.88. The molecule has 0 bridgehead atoms. The van der Waals surface area contributed by atoms with Crippen molar-refractivity contribution in [1.29, 1.82) is 0 Å². The molecule has 0 amide bonds. The molecule has 1 atom stereocenters. The maximum absolute atomic E-state index is 12.8. The van der Waals surface area contributed by atoms with E-state index in [4.69, 9.17) is 0 Å². The summed E-state index contributed by atoms with van der Waals surface area (Å²) in [4.78, 5) is -0.860. The lowest BCUT2D eigenvalue weighted by Gasteiger charge is -2.29. The van der Waals surface area contributed by atoms with Gasteiger partial charge < -0.3 is 5.11 Å². The number of sulfonamides is 1. The number of hydrogen-bond acceptors (Lipinski definition) is 3. The van der Waals surface area contributed by atoms with Crippen LogP contribution < -0.4 is 4.72 Å². The molecular weight excluding hydrogens is 295 g/mol. The number of rotatable bonds is 4. The van der Waals surface area contributed by atoms with Crippen molar-refractivity contribution in [3.8, 4) is 0 Å². The van der Waals surface area contributed by atoms with Gasteiger partial charge >= 0.3 is 6.18 Å². The molecule has 8 heteroatoms. The van der Waals surface area contributed by atoms with Crippen molar-refractivity contribution >= 4 is 10.0 Å². The van der Waals surface area contributed by atoms with Gasteiger partial charge in [-0.05, 0) is 32.9 Å². The van der Waals surface area contributed by atoms with E-state index in [1.165, 1.54) is 26.8 Å². The number of nitrogens with one attached hydrogen (secondary N) is 1. The Morgan fingerprint density at radius 2 is 1.70 bits per heavy atom. The summed E-state index contributed by atoms with van der Waals surface area (Å²) in [6.45, 7) is 4.11. The summed E-state index contributed by atoms with van der Waals surface area (Å²) in [6, 6.07) is 3.90. The van der Waals surface area contributed by atoms with Crippen LogP contribution in [0.2, 0.25) is 0 Å². The summed E-state index contributed by atoms with van der Waals surface area (Å²) < 4.78 is 64.8. The van der Waals surface area contributed by atoms with Crippen LogP contribution in [0.3, 0.4) is 0 Å². The van der Waals surface area contributed by atoms with Gasteiger partial charge in [-0.1, -0.05) is 12.1 Å². The normalized spacial score (nSPS) is 15.2. The highest BCUT2D eigenvalue weighted by molar-refractivity contribution is 7.89. The second-order valence-electron chi connectivity index (χ2n) is 5.00. The second-order valence-corrected chi connectivity index (χ2v) is 6.65. The molecule has 0 heterocycles. The van der Waals surface area contributed by atoms with E-state index < -0.39 is 38.3 Å². The van der Waals surface area contributed by atoms with Gasteiger partial charge in [0.25, 0.3) is 0 Å². The van der Waals surface area contributed by atoms with Gasteiger partial charge in [-0.3, -0.25) is 0 Å². The molecule has 0 saturated heterocycles. The van der Waals surface area contributed by atoms with Crippen molar-refractivity contribution in [2.75, 3.05) is 0 Å². The predicted molar refractivity (Wildman–Crippen MR) is 67.5 cm³/mol. The van der Waals surface area contributed by atoms with E-state index in [9.17, 15) is 26.7 Å². The van der Waals surface area contributed by atoms with Gasteiger partial charge in [-0.15, -0.1) is 0 Å². The average molecular weight is 311 g/mol. The van der Waals surface area contributed by atoms with E-state index in [2.05, 4.69) is 4.72 Å². The summed E-state index contributed by atoms with van der Waals surface area (Å²) in [5.41, 5.74) is -2.54. The minimum absolute atomic E-state index is 0.698. The van der Waals surface area contributed by atoms with Crippen molar-refractivity contribution in [3.63, 3.8) is 0 Å². The largest absolute Gasteiger partial charge is 0.417 e. The molecule has 0 saturated carbocycles. The number of aliphatic hydroxyl groups is 1. The van der Waals surface area contributed by atoms with E-state index in [1.54, 1.807) is 0 Å². The van der Waals surface area contributed by atoms with Crippen LogP contribution >= 0.6 is 0 Å². The minimum Gasteiger partial charge on any atom is -0.391 e. The third kappa shape index (κ3) is 3.71. The van der Waals surface area contributed by atoms with Crippen LogP contribution in [-0.4, -0.2) is 25.2 Å². The highest BCUT2D eigenvalue weighted by Crippen LogP contribution is 2.34. The first-order valence-electron chi connectivity index (χ1n) is 5.76. The van der Waals surface area contributed by atoms with E-state index in [0.717, 1.165) is 12.1 Å². The van der Waals surface area contributed by atoms with Crippen LogP contribution in [0.4, 0.5) is 13.2 Å². The van der Waals surface area contributed by atoms with Crippen LogP contribution in [0, 0.1) is 0 Å². The molecule has 0 radical (unpaired) electrons. The highest BCUT2D eigenvalue weighted by atomic mass is 32.2. The fourth-order valence-corrected chi connectivity index (χ4v) is 3.13. The maximum atomic E-state index is 12.8. The smallest absolute Gasteiger partial charge is 0.391 e.